The number of rotatable bonds is 7. The van der Waals surface area contributed by atoms with Crippen LogP contribution in [0.15, 0.2) is 42.6 Å². The van der Waals surface area contributed by atoms with E-state index in [1.165, 1.54) is 0 Å². The number of anilines is 2. The first kappa shape index (κ1) is 20.1. The van der Waals surface area contributed by atoms with Crippen molar-refractivity contribution in [1.29, 1.82) is 0 Å². The second-order valence-corrected chi connectivity index (χ2v) is 7.36. The number of methoxy groups -OCH3 is 1. The van der Waals surface area contributed by atoms with E-state index in [0.717, 1.165) is 37.1 Å². The smallest absolute Gasteiger partial charge is 0.253 e. The largest absolute Gasteiger partial charge is 0.367 e. The van der Waals surface area contributed by atoms with E-state index in [-0.39, 0.29) is 11.9 Å². The molecule has 0 saturated heterocycles. The number of hydrogen-bond acceptors (Lipinski definition) is 6. The van der Waals surface area contributed by atoms with Gasteiger partial charge >= 0.3 is 0 Å². The van der Waals surface area contributed by atoms with E-state index in [4.69, 9.17) is 4.74 Å². The Balaban J connectivity index is 1.50. The second-order valence-electron chi connectivity index (χ2n) is 7.36. The predicted molar refractivity (Wildman–Crippen MR) is 110 cm³/mol. The zero-order chi connectivity index (χ0) is 19.9. The third-order valence-electron chi connectivity index (χ3n) is 5.08. The van der Waals surface area contributed by atoms with Crippen molar-refractivity contribution in [2.24, 2.45) is 0 Å². The molecular formula is C21H29N5O2. The Labute approximate surface area is 166 Å². The van der Waals surface area contributed by atoms with Crippen LogP contribution in [0.2, 0.25) is 0 Å². The molecular weight excluding hydrogens is 354 g/mol. The van der Waals surface area contributed by atoms with Gasteiger partial charge in [-0.05, 0) is 37.3 Å². The molecule has 1 unspecified atom stereocenters. The first-order valence-corrected chi connectivity index (χ1v) is 9.72. The molecule has 1 aromatic carbocycles. The molecule has 1 aliphatic rings. The van der Waals surface area contributed by atoms with Gasteiger partial charge in [-0.25, -0.2) is 4.98 Å². The summed E-state index contributed by atoms with van der Waals surface area (Å²) >= 11 is 0. The number of ether oxygens (including phenoxy) is 1. The molecule has 1 amide bonds. The average molecular weight is 383 g/mol. The lowest BCUT2D eigenvalue weighted by atomic mass is 9.91. The molecule has 1 atom stereocenters. The molecule has 1 aromatic heterocycles. The molecule has 0 bridgehead atoms. The van der Waals surface area contributed by atoms with Crippen LogP contribution >= 0.6 is 0 Å². The Morgan fingerprint density at radius 2 is 1.79 bits per heavy atom. The highest BCUT2D eigenvalue weighted by Gasteiger charge is 2.26. The zero-order valence-electron chi connectivity index (χ0n) is 16.8. The summed E-state index contributed by atoms with van der Waals surface area (Å²) in [6, 6.07) is 12.0. The van der Waals surface area contributed by atoms with E-state index in [2.05, 4.69) is 20.6 Å². The lowest BCUT2D eigenvalue weighted by Gasteiger charge is -2.30. The summed E-state index contributed by atoms with van der Waals surface area (Å²) in [6.07, 6.45) is 4.96. The molecule has 150 valence electrons. The summed E-state index contributed by atoms with van der Waals surface area (Å²) in [4.78, 5) is 23.4. The molecule has 2 aromatic rings. The fourth-order valence-electron chi connectivity index (χ4n) is 3.53. The highest BCUT2D eigenvalue weighted by molar-refractivity contribution is 5.82. The minimum absolute atomic E-state index is 0.0767. The maximum atomic E-state index is 12.6. The van der Waals surface area contributed by atoms with E-state index < -0.39 is 6.10 Å². The number of benzene rings is 1. The molecule has 3 rings (SSSR count). The van der Waals surface area contributed by atoms with Crippen molar-refractivity contribution in [3.63, 3.8) is 0 Å². The van der Waals surface area contributed by atoms with Crippen molar-refractivity contribution in [2.45, 2.75) is 43.9 Å². The first-order valence-electron chi connectivity index (χ1n) is 9.72. The number of nitrogens with one attached hydrogen (secondary N) is 2. The number of amides is 1. The molecule has 1 fully saturated rings. The van der Waals surface area contributed by atoms with Crippen molar-refractivity contribution in [1.82, 2.24) is 15.3 Å². The van der Waals surface area contributed by atoms with Gasteiger partial charge in [0.1, 0.15) is 5.82 Å². The number of nitrogens with zero attached hydrogens (tertiary/aromatic N) is 3. The van der Waals surface area contributed by atoms with Crippen molar-refractivity contribution >= 4 is 17.7 Å². The Kier molecular flexibility index (Phi) is 6.81. The molecule has 1 heterocycles. The molecule has 1 saturated carbocycles. The van der Waals surface area contributed by atoms with Gasteiger partial charge in [0.05, 0.1) is 0 Å². The molecule has 7 heteroatoms. The normalized spacial score (nSPS) is 20.2. The van der Waals surface area contributed by atoms with Crippen molar-refractivity contribution < 1.29 is 9.53 Å². The second kappa shape index (κ2) is 9.50. The van der Waals surface area contributed by atoms with Crippen molar-refractivity contribution in [3.8, 4) is 0 Å². The summed E-state index contributed by atoms with van der Waals surface area (Å²) in [7, 11) is 5.49. The van der Waals surface area contributed by atoms with Crippen LogP contribution in [0.3, 0.4) is 0 Å². The number of hydrogen-bond donors (Lipinski definition) is 2. The van der Waals surface area contributed by atoms with Gasteiger partial charge < -0.3 is 20.3 Å². The molecule has 2 N–H and O–H groups in total. The van der Waals surface area contributed by atoms with Crippen LogP contribution < -0.4 is 15.5 Å². The van der Waals surface area contributed by atoms with Gasteiger partial charge in [-0.2, -0.15) is 4.98 Å². The zero-order valence-corrected chi connectivity index (χ0v) is 16.8. The highest BCUT2D eigenvalue weighted by atomic mass is 16.5. The van der Waals surface area contributed by atoms with Gasteiger partial charge in [0, 0.05) is 39.5 Å². The SMILES string of the molecule is COC(C(=O)NC1CCC(Nc2nccc(N(C)C)n2)CC1)c1ccccc1. The van der Waals surface area contributed by atoms with Gasteiger partial charge in [-0.1, -0.05) is 30.3 Å². The van der Waals surface area contributed by atoms with Gasteiger partial charge in [0.2, 0.25) is 5.95 Å². The minimum Gasteiger partial charge on any atom is -0.367 e. The van der Waals surface area contributed by atoms with Gasteiger partial charge in [0.15, 0.2) is 6.10 Å². The summed E-state index contributed by atoms with van der Waals surface area (Å²) < 4.78 is 5.43. The summed E-state index contributed by atoms with van der Waals surface area (Å²) in [5.74, 6) is 1.46. The Bertz CT molecular complexity index is 760. The van der Waals surface area contributed by atoms with E-state index in [9.17, 15) is 4.79 Å². The molecule has 28 heavy (non-hydrogen) atoms. The van der Waals surface area contributed by atoms with E-state index in [1.54, 1.807) is 13.3 Å². The van der Waals surface area contributed by atoms with Crippen LogP contribution in [-0.4, -0.2) is 49.2 Å². The fourth-order valence-corrected chi connectivity index (χ4v) is 3.53. The molecule has 0 aliphatic heterocycles. The van der Waals surface area contributed by atoms with Crippen LogP contribution in [0.4, 0.5) is 11.8 Å². The monoisotopic (exact) mass is 383 g/mol. The van der Waals surface area contributed by atoms with E-state index in [0.29, 0.717) is 12.0 Å². The maximum Gasteiger partial charge on any atom is 0.253 e. The molecule has 0 spiro atoms. The van der Waals surface area contributed by atoms with Gasteiger partial charge in [-0.3, -0.25) is 4.79 Å². The van der Waals surface area contributed by atoms with Crippen LogP contribution in [-0.2, 0) is 9.53 Å². The quantitative estimate of drug-likeness (QED) is 0.765. The number of carbonyl (C=O) groups excluding carboxylic acids is 1. The summed E-state index contributed by atoms with van der Waals surface area (Å²) in [5, 5.41) is 6.57. The number of carbonyl (C=O) groups is 1. The summed E-state index contributed by atoms with van der Waals surface area (Å²) in [5.41, 5.74) is 0.871. The Morgan fingerprint density at radius 3 is 2.43 bits per heavy atom. The Hall–Kier alpha value is -2.67. The van der Waals surface area contributed by atoms with Crippen molar-refractivity contribution in [2.75, 3.05) is 31.4 Å². The van der Waals surface area contributed by atoms with Gasteiger partial charge in [0.25, 0.3) is 5.91 Å². The Morgan fingerprint density at radius 1 is 1.11 bits per heavy atom. The molecule has 1 aliphatic carbocycles. The third kappa shape index (κ3) is 5.19. The average Bonchev–Trinajstić information content (AvgIpc) is 2.71. The van der Waals surface area contributed by atoms with Gasteiger partial charge in [-0.15, -0.1) is 0 Å². The standard InChI is InChI=1S/C21H29N5O2/c1-26(2)18-13-14-22-21(25-18)24-17-11-9-16(10-12-17)23-20(27)19(28-3)15-7-5-4-6-8-15/h4-8,13-14,16-17,19H,9-12H2,1-3H3,(H,23,27)(H,22,24,25). The van der Waals surface area contributed by atoms with Crippen LogP contribution in [0, 0.1) is 0 Å². The fraction of sp³-hybridized carbons (Fsp3) is 0.476. The van der Waals surface area contributed by atoms with Crippen LogP contribution in [0.5, 0.6) is 0 Å². The maximum absolute atomic E-state index is 12.6. The van der Waals surface area contributed by atoms with Crippen molar-refractivity contribution in [3.05, 3.63) is 48.2 Å². The molecule has 7 nitrogen and oxygen atoms in total. The van der Waals surface area contributed by atoms with E-state index >= 15 is 0 Å². The highest BCUT2D eigenvalue weighted by Crippen LogP contribution is 2.23. The summed E-state index contributed by atoms with van der Waals surface area (Å²) in [6.45, 7) is 0. The topological polar surface area (TPSA) is 79.4 Å². The first-order chi connectivity index (χ1) is 13.6. The molecule has 0 radical (unpaired) electrons. The van der Waals surface area contributed by atoms with Crippen LogP contribution in [0.1, 0.15) is 37.4 Å². The van der Waals surface area contributed by atoms with E-state index in [1.807, 2.05) is 55.4 Å². The predicted octanol–water partition coefficient (Wildman–Crippen LogP) is 2.77. The van der Waals surface area contributed by atoms with Crippen LogP contribution in [0.25, 0.3) is 0 Å². The third-order valence-corrected chi connectivity index (χ3v) is 5.08. The lowest BCUT2D eigenvalue weighted by Crippen LogP contribution is -2.42. The minimum atomic E-state index is -0.570. The lowest BCUT2D eigenvalue weighted by molar-refractivity contribution is -0.132. The number of aromatic nitrogens is 2.